The number of phenols is 1. The van der Waals surface area contributed by atoms with Crippen LogP contribution in [-0.4, -0.2) is 52.2 Å². The Labute approximate surface area is 296 Å². The molecule has 0 saturated carbocycles. The van der Waals surface area contributed by atoms with Gasteiger partial charge in [0.2, 0.25) is 0 Å². The molecule has 13 heteroatoms. The highest BCUT2D eigenvalue weighted by Gasteiger charge is 2.49. The van der Waals surface area contributed by atoms with E-state index in [0.29, 0.717) is 28.6 Å². The summed E-state index contributed by atoms with van der Waals surface area (Å²) < 4.78 is 28.6. The highest BCUT2D eigenvalue weighted by atomic mass is 35.5. The first-order valence-electron chi connectivity index (χ1n) is 16.1. The van der Waals surface area contributed by atoms with Crippen LogP contribution in [-0.2, 0) is 11.3 Å². The number of fused-ring (bicyclic) bond motifs is 3. The van der Waals surface area contributed by atoms with E-state index in [1.807, 2.05) is 42.5 Å². The molecule has 2 amide bonds. The number of alkyl halides is 2. The molecule has 2 aliphatic heterocycles. The molecule has 0 bridgehead atoms. The number of nitrogens with one attached hydrogen (secondary N) is 2. The van der Waals surface area contributed by atoms with Gasteiger partial charge in [0.1, 0.15) is 16.6 Å². The number of likely N-dealkylation sites (tertiary alicyclic amines) is 1. The molecule has 0 unspecified atom stereocenters. The number of anilines is 4. The molecule has 0 radical (unpaired) electrons. The minimum absolute atomic E-state index is 0.0448. The Morgan fingerprint density at radius 1 is 1.04 bits per heavy atom. The molecule has 1 spiro atoms. The molecular formula is C36H37ClF2N6O2S2. The first-order chi connectivity index (χ1) is 23.2. The Morgan fingerprint density at radius 3 is 2.51 bits per heavy atom. The van der Waals surface area contributed by atoms with Crippen LogP contribution >= 0.6 is 34.3 Å². The molecule has 3 aromatic carbocycles. The number of phenolic OH excluding ortho intramolecular Hbond substituents is 1. The van der Waals surface area contributed by atoms with Crippen LogP contribution in [0.15, 0.2) is 60.0 Å². The molecule has 1 fully saturated rings. The summed E-state index contributed by atoms with van der Waals surface area (Å²) in [6.45, 7) is 10.9. The zero-order chi connectivity index (χ0) is 34.7. The van der Waals surface area contributed by atoms with Gasteiger partial charge in [0.25, 0.3) is 5.92 Å². The van der Waals surface area contributed by atoms with Crippen molar-refractivity contribution in [2.75, 3.05) is 41.7 Å². The van der Waals surface area contributed by atoms with E-state index in [2.05, 4.69) is 46.2 Å². The van der Waals surface area contributed by atoms with Gasteiger partial charge in [0.05, 0.1) is 27.3 Å². The molecule has 4 heterocycles. The highest BCUT2D eigenvalue weighted by Crippen LogP contribution is 2.57. The van der Waals surface area contributed by atoms with E-state index in [1.165, 1.54) is 5.38 Å². The smallest absolute Gasteiger partial charge is 0.324 e. The summed E-state index contributed by atoms with van der Waals surface area (Å²) in [5, 5.41) is 19.6. The second kappa shape index (κ2) is 12.5. The Kier molecular flexibility index (Phi) is 8.58. The van der Waals surface area contributed by atoms with Crippen molar-refractivity contribution in [3.8, 4) is 16.3 Å². The van der Waals surface area contributed by atoms with E-state index in [1.54, 1.807) is 23.5 Å². The number of piperidine rings is 1. The molecule has 3 N–H and O–H groups in total. The number of rotatable bonds is 6. The van der Waals surface area contributed by atoms with Crippen LogP contribution in [0.25, 0.3) is 20.8 Å². The first kappa shape index (κ1) is 33.6. The summed E-state index contributed by atoms with van der Waals surface area (Å²) in [5.41, 5.74) is 4.63. The van der Waals surface area contributed by atoms with E-state index in [-0.39, 0.29) is 27.4 Å². The normalized spacial score (nSPS) is 16.3. The van der Waals surface area contributed by atoms with Crippen LogP contribution in [0.5, 0.6) is 5.75 Å². The minimum atomic E-state index is -3.10. The van der Waals surface area contributed by atoms with E-state index in [0.717, 1.165) is 77.1 Å². The monoisotopic (exact) mass is 722 g/mol. The van der Waals surface area contributed by atoms with Crippen molar-refractivity contribution in [2.24, 2.45) is 5.41 Å². The van der Waals surface area contributed by atoms with Gasteiger partial charge < -0.3 is 20.2 Å². The molecule has 8 nitrogen and oxygen atoms in total. The fourth-order valence-corrected chi connectivity index (χ4v) is 8.92. The van der Waals surface area contributed by atoms with Crippen LogP contribution in [0.4, 0.5) is 36.5 Å². The standard InChI is InChI=1S/C36H37ClF2N6O2S2/c1-34(2,3)19-44-15-13-36(14-16-44)20-45(25-8-6-5-7-23(25)41-33(47)43-28-18-48-32(42-28)35(4,38)39)30-26(46)11-10-22(29(30)36)31-40-24-17-21(37)9-12-27(24)49-31/h5-12,17-18,46H,13-16,19-20H2,1-4H3,(H2,41,43,47). The number of halogens is 3. The molecule has 0 aliphatic carbocycles. The van der Waals surface area contributed by atoms with Crippen molar-refractivity contribution < 1.29 is 18.7 Å². The Bertz CT molecular complexity index is 2050. The predicted octanol–water partition coefficient (Wildman–Crippen LogP) is 10.1. The average molecular weight is 723 g/mol. The Morgan fingerprint density at radius 2 is 1.80 bits per heavy atom. The number of hydrogen-bond donors (Lipinski definition) is 3. The fraction of sp³-hybridized carbons (Fsp3) is 0.361. The van der Waals surface area contributed by atoms with Crippen LogP contribution in [0.1, 0.15) is 51.1 Å². The number of urea groups is 1. The van der Waals surface area contributed by atoms with Crippen molar-refractivity contribution >= 4 is 73.4 Å². The number of amides is 2. The molecule has 2 aromatic heterocycles. The van der Waals surface area contributed by atoms with Crippen LogP contribution in [0, 0.1) is 5.41 Å². The van der Waals surface area contributed by atoms with Gasteiger partial charge >= 0.3 is 6.03 Å². The van der Waals surface area contributed by atoms with Crippen molar-refractivity contribution in [1.82, 2.24) is 14.9 Å². The van der Waals surface area contributed by atoms with E-state index < -0.39 is 12.0 Å². The molecule has 49 heavy (non-hydrogen) atoms. The van der Waals surface area contributed by atoms with Crippen LogP contribution in [0.2, 0.25) is 5.02 Å². The van der Waals surface area contributed by atoms with Crippen LogP contribution in [0.3, 0.4) is 0 Å². The Hall–Kier alpha value is -3.84. The topological polar surface area (TPSA) is 93.6 Å². The lowest BCUT2D eigenvalue weighted by atomic mass is 9.72. The zero-order valence-electron chi connectivity index (χ0n) is 27.6. The van der Waals surface area contributed by atoms with E-state index >= 15 is 0 Å². The third-order valence-electron chi connectivity index (χ3n) is 9.07. The SMILES string of the molecule is CC(C)(C)CN1CCC2(CC1)CN(c1ccccc1NC(=O)Nc1csc(C(C)(F)F)n1)c1c(O)ccc(-c3nc4cc(Cl)ccc4s3)c12. The lowest BCUT2D eigenvalue weighted by molar-refractivity contribution is 0.0173. The van der Waals surface area contributed by atoms with Gasteiger partial charge in [-0.25, -0.2) is 14.8 Å². The number of hydrogen-bond acceptors (Lipinski definition) is 8. The summed E-state index contributed by atoms with van der Waals surface area (Å²) in [5.74, 6) is -2.91. The van der Waals surface area contributed by atoms with Crippen molar-refractivity contribution in [1.29, 1.82) is 0 Å². The number of carbonyl (C=O) groups is 1. The molecule has 0 atom stereocenters. The van der Waals surface area contributed by atoms with E-state index in [9.17, 15) is 18.7 Å². The number of para-hydroxylation sites is 2. The third kappa shape index (κ3) is 6.71. The second-order valence-electron chi connectivity index (χ2n) is 14.2. The molecule has 1 saturated heterocycles. The fourth-order valence-electron chi connectivity index (χ4n) is 7.09. The van der Waals surface area contributed by atoms with E-state index in [4.69, 9.17) is 16.6 Å². The second-order valence-corrected chi connectivity index (χ2v) is 16.5. The summed E-state index contributed by atoms with van der Waals surface area (Å²) in [4.78, 5) is 26.7. The number of nitrogens with zero attached hydrogens (tertiary/aromatic N) is 4. The van der Waals surface area contributed by atoms with Gasteiger partial charge in [0.15, 0.2) is 5.01 Å². The summed E-state index contributed by atoms with van der Waals surface area (Å²) in [6, 6.07) is 16.2. The van der Waals surface area contributed by atoms with Gasteiger partial charge in [-0.15, -0.1) is 22.7 Å². The molecule has 5 aromatic rings. The van der Waals surface area contributed by atoms with Gasteiger partial charge in [-0.1, -0.05) is 44.5 Å². The van der Waals surface area contributed by atoms with Gasteiger partial charge in [-0.2, -0.15) is 8.78 Å². The third-order valence-corrected chi connectivity index (χ3v) is 11.4. The van der Waals surface area contributed by atoms with Gasteiger partial charge in [-0.3, -0.25) is 5.32 Å². The Balaban J connectivity index is 1.28. The molecule has 2 aliphatic rings. The highest BCUT2D eigenvalue weighted by molar-refractivity contribution is 7.21. The summed E-state index contributed by atoms with van der Waals surface area (Å²) in [6.07, 6.45) is 1.76. The number of carbonyl (C=O) groups excluding carboxylic acids is 1. The number of benzene rings is 3. The van der Waals surface area contributed by atoms with Gasteiger partial charge in [-0.05, 0) is 79.4 Å². The zero-order valence-corrected chi connectivity index (χ0v) is 30.0. The van der Waals surface area contributed by atoms with Gasteiger partial charge in [0, 0.05) is 41.4 Å². The first-order valence-corrected chi connectivity index (χ1v) is 18.2. The minimum Gasteiger partial charge on any atom is -0.506 e. The maximum atomic E-state index is 13.8. The van der Waals surface area contributed by atoms with Crippen molar-refractivity contribution in [3.05, 3.63) is 75.6 Å². The summed E-state index contributed by atoms with van der Waals surface area (Å²) >= 11 is 8.71. The maximum absolute atomic E-state index is 13.8. The molecule has 7 rings (SSSR count). The van der Waals surface area contributed by atoms with Crippen molar-refractivity contribution in [2.45, 2.75) is 51.9 Å². The lowest BCUT2D eigenvalue weighted by Crippen LogP contribution is -2.47. The quantitative estimate of drug-likeness (QED) is 0.162. The number of thiazole rings is 2. The van der Waals surface area contributed by atoms with Crippen LogP contribution < -0.4 is 15.5 Å². The largest absolute Gasteiger partial charge is 0.506 e. The molecular weight excluding hydrogens is 686 g/mol. The number of aromatic nitrogens is 2. The lowest BCUT2D eigenvalue weighted by Gasteiger charge is -2.42. The summed E-state index contributed by atoms with van der Waals surface area (Å²) in [7, 11) is 0. The van der Waals surface area contributed by atoms with Crippen molar-refractivity contribution in [3.63, 3.8) is 0 Å². The average Bonchev–Trinajstić information content (AvgIpc) is 3.75. The number of aromatic hydroxyl groups is 1. The predicted molar refractivity (Wildman–Crippen MR) is 196 cm³/mol. The maximum Gasteiger partial charge on any atom is 0.324 e. The molecule has 256 valence electrons.